The number of nitrogens with one attached hydrogen (secondary N) is 2. The molecule has 8 rings (SSSR count). The Morgan fingerprint density at radius 3 is 1.45 bits per heavy atom. The summed E-state index contributed by atoms with van der Waals surface area (Å²) in [4.78, 5) is 31.6. The number of esters is 1. The summed E-state index contributed by atoms with van der Waals surface area (Å²) < 4.78 is 77.4. The van der Waals surface area contributed by atoms with Gasteiger partial charge in [-0.05, 0) is 111 Å². The molecule has 0 amide bonds. The van der Waals surface area contributed by atoms with Crippen molar-refractivity contribution in [3.05, 3.63) is 147 Å². The number of halogens is 8. The Hall–Kier alpha value is -4.96. The van der Waals surface area contributed by atoms with Gasteiger partial charge in [0.15, 0.2) is 47.8 Å². The number of aliphatic hydroxyl groups excluding tert-OH is 1. The van der Waals surface area contributed by atoms with Crippen LogP contribution in [0.1, 0.15) is 89.2 Å². The normalized spacial score (nSPS) is 13.5. The minimum atomic E-state index is -3.00. The average molecular weight is 1110 g/mol. The first-order valence-corrected chi connectivity index (χ1v) is 24.4. The third kappa shape index (κ3) is 18.2. The van der Waals surface area contributed by atoms with Crippen LogP contribution in [0.4, 0.5) is 17.6 Å². The Labute approximate surface area is 433 Å². The summed E-state index contributed by atoms with van der Waals surface area (Å²) in [5, 5.41) is 20.5. The number of carbonyl (C=O) groups excluding carboxylic acids is 1. The van der Waals surface area contributed by atoms with Crippen molar-refractivity contribution in [2.75, 3.05) is 13.2 Å². The number of ether oxygens (including phenoxy) is 5. The van der Waals surface area contributed by atoms with Crippen LogP contribution in [0.2, 0.25) is 20.1 Å². The van der Waals surface area contributed by atoms with E-state index in [9.17, 15) is 32.3 Å². The summed E-state index contributed by atoms with van der Waals surface area (Å²) in [6.45, 7) is -1.34. The standard InChI is InChI=1S/C24H21Cl2F2NO4S.C18H17Cl2F2NO3.C6H6O2S.2H2O/c1-13-2-7-22(34-13)23(30)32-20(9-16-17(25)10-29-11-18(16)26)15-5-6-19(33-24(27)28)21(8-15)31-12-14-3-4-14;19-13-7-23-8-14(20)12(13)6-15(24)11-3-4-16(26-18(21)22)17(5-11)25-9-10-1-2-10;1-4-2-3-5(9-4)6(7)8;;/h2,5-8,10-11,14,20,24H,3-4,9,12H2,1H3;3-5,7-8,10,15,18,24H,1-2,6,9H2;2-3H,1H3,(H,7,8);2*1H2/t20-;15-;;;/m00.../s1. The van der Waals surface area contributed by atoms with Crippen molar-refractivity contribution in [2.24, 2.45) is 11.8 Å². The minimum absolute atomic E-state index is 0. The monoisotopic (exact) mass is 1110 g/mol. The van der Waals surface area contributed by atoms with E-state index < -0.39 is 37.4 Å². The van der Waals surface area contributed by atoms with Crippen LogP contribution in [-0.4, -0.2) is 59.5 Å². The number of rotatable bonds is 19. The molecule has 23 heteroatoms. The van der Waals surface area contributed by atoms with E-state index in [-0.39, 0.29) is 46.8 Å². The number of aromatic carboxylic acids is 1. The number of alkyl halides is 4. The Kier molecular flexibility index (Phi) is 22.9. The number of H-pyrrole nitrogens is 2. The molecule has 0 spiro atoms. The molecule has 2 saturated carbocycles. The van der Waals surface area contributed by atoms with E-state index in [1.807, 2.05) is 19.9 Å². The van der Waals surface area contributed by atoms with Gasteiger partial charge in [0.25, 0.3) is 0 Å². The predicted molar refractivity (Wildman–Crippen MR) is 258 cm³/mol. The molecule has 6 N–H and O–H groups in total. The van der Waals surface area contributed by atoms with Crippen molar-refractivity contribution in [1.29, 1.82) is 0 Å². The fourth-order valence-corrected chi connectivity index (χ4v) is 8.92. The SMILES string of the molecule is Cc1ccc(C(=O)O)s1.Cc1ccc(C(=O)O[C@@H](Cc2c(Cl)c[nH+]cc2Cl)c2ccc(OC(F)F)c(OCC3CC3)c2)s1.O[C@@H](Cc1c(Cl)c[nH+]cc1Cl)c1ccc(OC(F)F)c(OCC2CC2)c1.[OH-].[OH-]. The quantitative estimate of drug-likeness (QED) is 0.0576. The first kappa shape index (κ1) is 58.6. The third-order valence-corrected chi connectivity index (χ3v) is 13.7. The molecule has 2 aliphatic carbocycles. The summed E-state index contributed by atoms with van der Waals surface area (Å²) >= 11 is 27.5. The number of carboxylic acid groups (broad SMARTS) is 1. The molecule has 2 atom stereocenters. The van der Waals surface area contributed by atoms with E-state index >= 15 is 0 Å². The van der Waals surface area contributed by atoms with Crippen molar-refractivity contribution in [2.45, 2.75) is 77.8 Å². The molecular weight excluding hydrogens is 1060 g/mol. The fourth-order valence-electron chi connectivity index (χ4n) is 6.40. The highest BCUT2D eigenvalue weighted by Crippen LogP contribution is 2.39. The molecule has 71 heavy (non-hydrogen) atoms. The molecule has 2 aliphatic rings. The number of carbonyl (C=O) groups is 2. The van der Waals surface area contributed by atoms with Crippen molar-refractivity contribution >= 4 is 81.0 Å². The number of aromatic amines is 2. The highest BCUT2D eigenvalue weighted by atomic mass is 35.5. The maximum atomic E-state index is 12.9. The van der Waals surface area contributed by atoms with Crippen LogP contribution in [0.15, 0.2) is 85.5 Å². The van der Waals surface area contributed by atoms with Gasteiger partial charge < -0.3 is 44.8 Å². The summed E-state index contributed by atoms with van der Waals surface area (Å²) in [5.74, 6) is -0.285. The predicted octanol–water partition coefficient (Wildman–Crippen LogP) is 12.6. The van der Waals surface area contributed by atoms with Gasteiger partial charge in [0.05, 0.1) is 19.3 Å². The zero-order valence-electron chi connectivity index (χ0n) is 37.7. The molecule has 2 aromatic carbocycles. The van der Waals surface area contributed by atoms with Crippen LogP contribution in [0.5, 0.6) is 23.0 Å². The Balaban J connectivity index is 0.000000262. The number of aryl methyl sites for hydroxylation is 2. The van der Waals surface area contributed by atoms with E-state index in [4.69, 9.17) is 65.7 Å². The molecule has 13 nitrogen and oxygen atoms in total. The number of aliphatic hydroxyl groups is 1. The van der Waals surface area contributed by atoms with Crippen LogP contribution < -0.4 is 28.9 Å². The smallest absolute Gasteiger partial charge is 0.387 e. The summed E-state index contributed by atoms with van der Waals surface area (Å²) in [6, 6.07) is 15.9. The van der Waals surface area contributed by atoms with Gasteiger partial charge in [-0.15, -0.1) is 22.7 Å². The lowest BCUT2D eigenvalue weighted by atomic mass is 10.0. The van der Waals surface area contributed by atoms with E-state index in [0.717, 1.165) is 35.4 Å². The lowest BCUT2D eigenvalue weighted by molar-refractivity contribution is -0.378. The molecule has 0 radical (unpaired) electrons. The lowest BCUT2D eigenvalue weighted by Gasteiger charge is -2.21. The maximum absolute atomic E-state index is 12.9. The van der Waals surface area contributed by atoms with E-state index in [1.165, 1.54) is 46.9 Å². The Morgan fingerprint density at radius 1 is 0.634 bits per heavy atom. The summed E-state index contributed by atoms with van der Waals surface area (Å²) in [5.41, 5.74) is 2.20. The number of thiophene rings is 2. The van der Waals surface area contributed by atoms with Gasteiger partial charge in [0.1, 0.15) is 35.9 Å². The molecule has 4 heterocycles. The maximum Gasteiger partial charge on any atom is 0.387 e. The average Bonchev–Trinajstić information content (AvgIpc) is 4.23. The molecule has 6 aromatic rings. The topological polar surface area (TPSA) is 209 Å². The largest absolute Gasteiger partial charge is 0.870 e. The van der Waals surface area contributed by atoms with Crippen LogP contribution in [-0.2, 0) is 17.6 Å². The molecule has 0 saturated heterocycles. The van der Waals surface area contributed by atoms with Crippen molar-refractivity contribution in [3.63, 3.8) is 0 Å². The molecule has 0 aliphatic heterocycles. The van der Waals surface area contributed by atoms with Gasteiger partial charge in [-0.2, -0.15) is 17.6 Å². The second-order valence-corrected chi connectivity index (χ2v) is 20.1. The van der Waals surface area contributed by atoms with Gasteiger partial charge in [0, 0.05) is 33.7 Å². The lowest BCUT2D eigenvalue weighted by Crippen LogP contribution is -2.15. The first-order valence-electron chi connectivity index (χ1n) is 21.3. The second-order valence-electron chi connectivity index (χ2n) is 15.9. The fraction of sp³-hybridized carbons (Fsp3) is 0.333. The van der Waals surface area contributed by atoms with Gasteiger partial charge in [0.2, 0.25) is 0 Å². The van der Waals surface area contributed by atoms with Gasteiger partial charge in [-0.3, -0.25) is 0 Å². The molecule has 2 fully saturated rings. The third-order valence-electron chi connectivity index (χ3n) is 10.4. The number of carboxylic acids is 1. The Bertz CT molecular complexity index is 2650. The molecule has 384 valence electrons. The minimum Gasteiger partial charge on any atom is -0.870 e. The van der Waals surface area contributed by atoms with Gasteiger partial charge >= 0.3 is 25.2 Å². The summed E-state index contributed by atoms with van der Waals surface area (Å²) in [7, 11) is 0. The highest BCUT2D eigenvalue weighted by molar-refractivity contribution is 7.14. The zero-order valence-corrected chi connectivity index (χ0v) is 42.3. The van der Waals surface area contributed by atoms with E-state index in [1.54, 1.807) is 55.1 Å². The van der Waals surface area contributed by atoms with Crippen molar-refractivity contribution in [3.8, 4) is 23.0 Å². The van der Waals surface area contributed by atoms with Crippen molar-refractivity contribution < 1.29 is 82.0 Å². The molecule has 0 unspecified atom stereocenters. The Morgan fingerprint density at radius 2 is 1.06 bits per heavy atom. The van der Waals surface area contributed by atoms with Gasteiger partial charge in [-0.25, -0.2) is 19.6 Å². The number of hydrogen-bond donors (Lipinski definition) is 2. The molecular formula is C48H48Cl4F4N2O11S2. The van der Waals surface area contributed by atoms with E-state index in [0.29, 0.717) is 77.1 Å². The molecule has 0 bridgehead atoms. The number of aromatic nitrogens is 2. The summed E-state index contributed by atoms with van der Waals surface area (Å²) in [6.07, 6.45) is 9.09. The van der Waals surface area contributed by atoms with Gasteiger partial charge in [-0.1, -0.05) is 58.5 Å². The van der Waals surface area contributed by atoms with Crippen molar-refractivity contribution in [1.82, 2.24) is 0 Å². The van der Waals surface area contributed by atoms with Crippen LogP contribution >= 0.6 is 69.1 Å². The van der Waals surface area contributed by atoms with Crippen LogP contribution in [0.25, 0.3) is 0 Å². The first-order chi connectivity index (χ1) is 32.9. The molecule has 4 aromatic heterocycles. The van der Waals surface area contributed by atoms with Crippen LogP contribution in [0.3, 0.4) is 0 Å². The van der Waals surface area contributed by atoms with Crippen LogP contribution in [0, 0.1) is 25.7 Å². The highest BCUT2D eigenvalue weighted by Gasteiger charge is 2.28. The number of benzene rings is 2. The van der Waals surface area contributed by atoms with E-state index in [2.05, 4.69) is 19.4 Å². The zero-order chi connectivity index (χ0) is 49.8. The number of pyridine rings is 2. The second kappa shape index (κ2) is 27.8. The number of hydrogen-bond acceptors (Lipinski definition) is 12.